The van der Waals surface area contributed by atoms with Crippen LogP contribution in [0.4, 0.5) is 4.39 Å². The molecule has 2 aliphatic rings. The smallest absolute Gasteiger partial charge is 0.195 e. The lowest BCUT2D eigenvalue weighted by Crippen LogP contribution is -2.25. The molecule has 0 atom stereocenters. The summed E-state index contributed by atoms with van der Waals surface area (Å²) in [7, 11) is 0. The summed E-state index contributed by atoms with van der Waals surface area (Å²) in [6.07, 6.45) is 20.7. The van der Waals surface area contributed by atoms with E-state index in [0.717, 1.165) is 17.8 Å². The van der Waals surface area contributed by atoms with Gasteiger partial charge in [0.15, 0.2) is 5.83 Å². The van der Waals surface area contributed by atoms with Crippen LogP contribution < -0.4 is 0 Å². The molecule has 3 rings (SSSR count). The number of hydrogen-bond acceptors (Lipinski definition) is 1. The Morgan fingerprint density at radius 3 is 2.20 bits per heavy atom. The molecule has 162 valence electrons. The second-order valence-corrected chi connectivity index (χ2v) is 9.50. The minimum atomic E-state index is -0.706. The van der Waals surface area contributed by atoms with Gasteiger partial charge in [0.05, 0.1) is 0 Å². The largest absolute Gasteiger partial charge is 0.199 e. The summed E-state index contributed by atoms with van der Waals surface area (Å²) in [4.78, 5) is 0. The van der Waals surface area contributed by atoms with Crippen LogP contribution in [0.25, 0.3) is 0 Å². The predicted molar refractivity (Wildman–Crippen MR) is 124 cm³/mol. The first-order chi connectivity index (χ1) is 14.7. The third kappa shape index (κ3) is 6.83. The molecule has 0 unspecified atom stereocenters. The van der Waals surface area contributed by atoms with Gasteiger partial charge < -0.3 is 0 Å². The minimum Gasteiger partial charge on any atom is -0.195 e. The molecule has 0 spiro atoms. The van der Waals surface area contributed by atoms with E-state index in [9.17, 15) is 4.39 Å². The normalized spacial score (nSPS) is 27.8. The van der Waals surface area contributed by atoms with E-state index >= 15 is 0 Å². The summed E-state index contributed by atoms with van der Waals surface area (Å²) in [6.45, 7) is 2.26. The molecular weight excluding hydrogens is 369 g/mol. The van der Waals surface area contributed by atoms with Crippen molar-refractivity contribution in [3.05, 3.63) is 59.4 Å². The Balaban J connectivity index is 1.40. The average Bonchev–Trinajstić information content (AvgIpc) is 2.80. The molecule has 0 N–H and O–H groups in total. The first-order valence-corrected chi connectivity index (χ1v) is 12.2. The van der Waals surface area contributed by atoms with E-state index in [0.29, 0.717) is 5.92 Å². The lowest BCUT2D eigenvalue weighted by Gasteiger charge is -2.37. The van der Waals surface area contributed by atoms with Crippen LogP contribution in [0.5, 0.6) is 0 Å². The van der Waals surface area contributed by atoms with Gasteiger partial charge in [-0.1, -0.05) is 56.2 Å². The molecule has 2 aliphatic carbocycles. The van der Waals surface area contributed by atoms with Crippen LogP contribution in [-0.2, 0) is 6.42 Å². The van der Waals surface area contributed by atoms with Gasteiger partial charge in [0, 0.05) is 0 Å². The van der Waals surface area contributed by atoms with Gasteiger partial charge >= 0.3 is 0 Å². The first kappa shape index (κ1) is 22.8. The maximum absolute atomic E-state index is 12.9. The van der Waals surface area contributed by atoms with Gasteiger partial charge in [-0.25, -0.2) is 0 Å². The second kappa shape index (κ2) is 12.1. The van der Waals surface area contributed by atoms with Crippen molar-refractivity contribution in [2.75, 3.05) is 0 Å². The monoisotopic (exact) mass is 407 g/mol. The van der Waals surface area contributed by atoms with Crippen LogP contribution in [0.1, 0.15) is 94.6 Å². The highest BCUT2D eigenvalue weighted by atomic mass is 19.1. The van der Waals surface area contributed by atoms with E-state index < -0.39 is 5.83 Å². The zero-order chi connectivity index (χ0) is 21.2. The van der Waals surface area contributed by atoms with Crippen LogP contribution in [0.3, 0.4) is 0 Å². The standard InChI is InChI=1S/C28H38FN/c1-2-3-4-6-22-9-13-24(14-10-22)26-17-19-27(20-18-26)25-15-11-23(12-16-25)7-5-8-28(29)21-30/h5,7-10,13-14,23,25-27H,2-4,6,11-12,15-20H2,1H3/t23-,25-,26-,27-. The summed E-state index contributed by atoms with van der Waals surface area (Å²) in [5, 5.41) is 8.47. The van der Waals surface area contributed by atoms with Crippen molar-refractivity contribution < 1.29 is 4.39 Å². The molecule has 0 radical (unpaired) electrons. The highest BCUT2D eigenvalue weighted by Gasteiger charge is 2.30. The lowest BCUT2D eigenvalue weighted by atomic mass is 9.68. The van der Waals surface area contributed by atoms with Gasteiger partial charge in [0.1, 0.15) is 6.07 Å². The van der Waals surface area contributed by atoms with Crippen molar-refractivity contribution in [3.63, 3.8) is 0 Å². The quantitative estimate of drug-likeness (QED) is 0.241. The number of rotatable bonds is 8. The van der Waals surface area contributed by atoms with Gasteiger partial charge in [-0.15, -0.1) is 0 Å². The maximum atomic E-state index is 12.9. The number of benzene rings is 1. The van der Waals surface area contributed by atoms with Crippen LogP contribution >= 0.6 is 0 Å². The van der Waals surface area contributed by atoms with Crippen LogP contribution in [0, 0.1) is 29.1 Å². The summed E-state index contributed by atoms with van der Waals surface area (Å²) >= 11 is 0. The summed E-state index contributed by atoms with van der Waals surface area (Å²) < 4.78 is 12.9. The van der Waals surface area contributed by atoms with E-state index in [1.807, 2.05) is 0 Å². The van der Waals surface area contributed by atoms with Crippen LogP contribution in [-0.4, -0.2) is 0 Å². The average molecular weight is 408 g/mol. The molecule has 0 saturated heterocycles. The van der Waals surface area contributed by atoms with Crippen molar-refractivity contribution in [3.8, 4) is 6.07 Å². The second-order valence-electron chi connectivity index (χ2n) is 9.50. The molecule has 0 aromatic heterocycles. The SMILES string of the molecule is CCCCCc1ccc([C@H]2CC[C@H]([C@H]3CC[C@H](C=CC=C(F)C#N)CC3)CC2)cc1. The number of unbranched alkanes of at least 4 members (excludes halogenated alkanes) is 2. The Kier molecular flexibility index (Phi) is 9.19. The number of aryl methyl sites for hydroxylation is 1. The summed E-state index contributed by atoms with van der Waals surface area (Å²) in [6, 6.07) is 11.0. The van der Waals surface area contributed by atoms with Crippen molar-refractivity contribution in [2.45, 2.75) is 89.9 Å². The fraction of sp³-hybridized carbons (Fsp3) is 0.607. The fourth-order valence-corrected chi connectivity index (χ4v) is 5.60. The first-order valence-electron chi connectivity index (χ1n) is 12.2. The predicted octanol–water partition coefficient (Wildman–Crippen LogP) is 8.43. The highest BCUT2D eigenvalue weighted by molar-refractivity contribution is 5.26. The lowest BCUT2D eigenvalue weighted by molar-refractivity contribution is 0.171. The molecule has 2 saturated carbocycles. The Bertz CT molecular complexity index is 723. The third-order valence-electron chi connectivity index (χ3n) is 7.51. The molecule has 30 heavy (non-hydrogen) atoms. The fourth-order valence-electron chi connectivity index (χ4n) is 5.60. The van der Waals surface area contributed by atoms with Crippen LogP contribution in [0.15, 0.2) is 48.3 Å². The minimum absolute atomic E-state index is 0.552. The van der Waals surface area contributed by atoms with E-state index in [4.69, 9.17) is 5.26 Å². The highest BCUT2D eigenvalue weighted by Crippen LogP contribution is 2.44. The van der Waals surface area contributed by atoms with Crippen molar-refractivity contribution in [2.24, 2.45) is 17.8 Å². The number of allylic oxidation sites excluding steroid dienone is 4. The van der Waals surface area contributed by atoms with E-state index in [1.54, 1.807) is 11.6 Å². The molecule has 1 aromatic carbocycles. The Morgan fingerprint density at radius 2 is 1.60 bits per heavy atom. The third-order valence-corrected chi connectivity index (χ3v) is 7.51. The molecule has 0 bridgehead atoms. The van der Waals surface area contributed by atoms with Crippen molar-refractivity contribution in [1.29, 1.82) is 5.26 Å². The van der Waals surface area contributed by atoms with Gasteiger partial charge in [-0.2, -0.15) is 9.65 Å². The molecule has 2 heteroatoms. The molecule has 2 fully saturated rings. The van der Waals surface area contributed by atoms with Gasteiger partial charge in [0.2, 0.25) is 0 Å². The Morgan fingerprint density at radius 1 is 0.967 bits per heavy atom. The molecule has 1 aromatic rings. The maximum Gasteiger partial charge on any atom is 0.199 e. The topological polar surface area (TPSA) is 23.8 Å². The van der Waals surface area contributed by atoms with Crippen molar-refractivity contribution in [1.82, 2.24) is 0 Å². The summed E-state index contributed by atoms with van der Waals surface area (Å²) in [5.74, 6) is 2.38. The molecule has 1 nitrogen and oxygen atoms in total. The van der Waals surface area contributed by atoms with Crippen molar-refractivity contribution >= 4 is 0 Å². The zero-order valence-corrected chi connectivity index (χ0v) is 18.7. The molecule has 0 aliphatic heterocycles. The van der Waals surface area contributed by atoms with E-state index in [1.165, 1.54) is 94.8 Å². The molecule has 0 amide bonds. The van der Waals surface area contributed by atoms with Crippen LogP contribution in [0.2, 0.25) is 0 Å². The van der Waals surface area contributed by atoms with Gasteiger partial charge in [0.25, 0.3) is 0 Å². The Labute approximate surface area is 183 Å². The zero-order valence-electron chi connectivity index (χ0n) is 18.7. The Hall–Kier alpha value is -1.88. The number of nitriles is 1. The number of halogens is 1. The van der Waals surface area contributed by atoms with Gasteiger partial charge in [-0.3, -0.25) is 0 Å². The molecule has 0 heterocycles. The number of hydrogen-bond donors (Lipinski definition) is 0. The number of nitrogens with zero attached hydrogens (tertiary/aromatic N) is 1. The van der Waals surface area contributed by atoms with E-state index in [2.05, 4.69) is 37.3 Å². The van der Waals surface area contributed by atoms with E-state index in [-0.39, 0.29) is 0 Å². The molecular formula is C28H38FN. The van der Waals surface area contributed by atoms with Gasteiger partial charge in [-0.05, 0) is 105 Å². The summed E-state index contributed by atoms with van der Waals surface area (Å²) in [5.41, 5.74) is 3.05.